The van der Waals surface area contributed by atoms with Crippen LogP contribution in [0.4, 0.5) is 0 Å². The molecule has 2 heterocycles. The number of nitrogens with two attached hydrogens (primary N) is 1. The average molecular weight is 271 g/mol. The fraction of sp³-hybridized carbons (Fsp3) is 0.438. The molecule has 0 fully saturated rings. The molecule has 1 aliphatic rings. The second-order valence-electron chi connectivity index (χ2n) is 5.54. The van der Waals surface area contributed by atoms with Crippen LogP contribution in [0.1, 0.15) is 32.1 Å². The number of fused-ring (bicyclic) bond motifs is 1. The fourth-order valence-electron chi connectivity index (χ4n) is 2.85. The van der Waals surface area contributed by atoms with Gasteiger partial charge in [0.15, 0.2) is 0 Å². The van der Waals surface area contributed by atoms with E-state index >= 15 is 0 Å². The molecule has 1 aromatic heterocycles. The summed E-state index contributed by atoms with van der Waals surface area (Å²) in [5, 5.41) is 0. The zero-order chi connectivity index (χ0) is 14.1. The van der Waals surface area contributed by atoms with Crippen molar-refractivity contribution in [2.75, 3.05) is 6.61 Å². The van der Waals surface area contributed by atoms with E-state index in [0.717, 1.165) is 35.8 Å². The molecule has 1 aromatic carbocycles. The van der Waals surface area contributed by atoms with Crippen LogP contribution in [0.25, 0.3) is 11.3 Å². The van der Waals surface area contributed by atoms with Crippen molar-refractivity contribution in [3.8, 4) is 17.0 Å². The SMILES string of the molecule is CCOc1ccc(-c2cn3c(n2)C(N)CC(C)C3)cc1. The minimum absolute atomic E-state index is 0.0511. The Balaban J connectivity index is 1.89. The molecule has 106 valence electrons. The van der Waals surface area contributed by atoms with Crippen LogP contribution in [0.5, 0.6) is 5.75 Å². The minimum Gasteiger partial charge on any atom is -0.494 e. The lowest BCUT2D eigenvalue weighted by molar-refractivity contribution is 0.340. The number of imidazole rings is 1. The summed E-state index contributed by atoms with van der Waals surface area (Å²) in [6.07, 6.45) is 3.13. The standard InChI is InChI=1S/C16H21N3O/c1-3-20-13-6-4-12(5-7-13)15-10-19-9-11(2)8-14(17)16(19)18-15/h4-7,10-11,14H,3,8-9,17H2,1-2H3. The summed E-state index contributed by atoms with van der Waals surface area (Å²) >= 11 is 0. The van der Waals surface area contributed by atoms with Crippen molar-refractivity contribution in [2.45, 2.75) is 32.9 Å². The third-order valence-electron chi connectivity index (χ3n) is 3.76. The highest BCUT2D eigenvalue weighted by Crippen LogP contribution is 2.30. The van der Waals surface area contributed by atoms with E-state index < -0.39 is 0 Å². The molecule has 2 atom stereocenters. The van der Waals surface area contributed by atoms with E-state index in [1.807, 2.05) is 31.2 Å². The summed E-state index contributed by atoms with van der Waals surface area (Å²) in [6.45, 7) is 5.91. The first-order chi connectivity index (χ1) is 9.67. The number of hydrogen-bond donors (Lipinski definition) is 1. The highest BCUT2D eigenvalue weighted by molar-refractivity contribution is 5.60. The van der Waals surface area contributed by atoms with E-state index in [4.69, 9.17) is 15.5 Å². The molecule has 0 spiro atoms. The van der Waals surface area contributed by atoms with Gasteiger partial charge < -0.3 is 15.0 Å². The number of ether oxygens (including phenoxy) is 1. The maximum atomic E-state index is 6.19. The number of rotatable bonds is 3. The zero-order valence-electron chi connectivity index (χ0n) is 12.0. The quantitative estimate of drug-likeness (QED) is 0.933. The molecule has 0 bridgehead atoms. The topological polar surface area (TPSA) is 53.1 Å². The Morgan fingerprint density at radius 3 is 2.80 bits per heavy atom. The third-order valence-corrected chi connectivity index (χ3v) is 3.76. The van der Waals surface area contributed by atoms with E-state index in [0.29, 0.717) is 12.5 Å². The van der Waals surface area contributed by atoms with Gasteiger partial charge >= 0.3 is 0 Å². The summed E-state index contributed by atoms with van der Waals surface area (Å²) in [5.74, 6) is 2.51. The summed E-state index contributed by atoms with van der Waals surface area (Å²) in [6, 6.07) is 8.12. The van der Waals surface area contributed by atoms with Crippen molar-refractivity contribution >= 4 is 0 Å². The smallest absolute Gasteiger partial charge is 0.126 e. The molecule has 3 rings (SSSR count). The Hall–Kier alpha value is -1.81. The molecule has 4 heteroatoms. The van der Waals surface area contributed by atoms with Gasteiger partial charge in [-0.15, -0.1) is 0 Å². The predicted molar refractivity (Wildman–Crippen MR) is 79.5 cm³/mol. The average Bonchev–Trinajstić information content (AvgIpc) is 2.84. The van der Waals surface area contributed by atoms with E-state index in [1.165, 1.54) is 0 Å². The predicted octanol–water partition coefficient (Wildman–Crippen LogP) is 2.99. The second kappa shape index (κ2) is 5.29. The van der Waals surface area contributed by atoms with E-state index in [9.17, 15) is 0 Å². The van der Waals surface area contributed by atoms with Crippen molar-refractivity contribution in [2.24, 2.45) is 11.7 Å². The van der Waals surface area contributed by atoms with Crippen molar-refractivity contribution in [1.29, 1.82) is 0 Å². The van der Waals surface area contributed by atoms with Gasteiger partial charge in [0.2, 0.25) is 0 Å². The Kier molecular flexibility index (Phi) is 3.49. The van der Waals surface area contributed by atoms with Crippen LogP contribution in [-0.2, 0) is 6.54 Å². The first-order valence-electron chi connectivity index (χ1n) is 7.23. The van der Waals surface area contributed by atoms with E-state index in [2.05, 4.69) is 17.7 Å². The van der Waals surface area contributed by atoms with Crippen LogP contribution >= 0.6 is 0 Å². The van der Waals surface area contributed by atoms with Crippen LogP contribution in [0, 0.1) is 5.92 Å². The molecule has 20 heavy (non-hydrogen) atoms. The van der Waals surface area contributed by atoms with Crippen LogP contribution in [0.15, 0.2) is 30.5 Å². The van der Waals surface area contributed by atoms with Gasteiger partial charge in [0.05, 0.1) is 18.3 Å². The second-order valence-corrected chi connectivity index (χ2v) is 5.54. The number of nitrogens with zero attached hydrogens (tertiary/aromatic N) is 2. The molecule has 0 amide bonds. The van der Waals surface area contributed by atoms with Crippen LogP contribution in [0.3, 0.4) is 0 Å². The normalized spacial score (nSPS) is 21.6. The highest BCUT2D eigenvalue weighted by atomic mass is 16.5. The Morgan fingerprint density at radius 1 is 1.35 bits per heavy atom. The molecular formula is C16H21N3O. The molecule has 1 aliphatic heterocycles. The van der Waals surface area contributed by atoms with Crippen molar-refractivity contribution in [1.82, 2.24) is 9.55 Å². The monoisotopic (exact) mass is 271 g/mol. The molecule has 2 N–H and O–H groups in total. The summed E-state index contributed by atoms with van der Waals surface area (Å²) < 4.78 is 7.66. The van der Waals surface area contributed by atoms with Gasteiger partial charge in [-0.3, -0.25) is 0 Å². The molecule has 0 saturated heterocycles. The van der Waals surface area contributed by atoms with E-state index in [1.54, 1.807) is 0 Å². The molecule has 0 saturated carbocycles. The fourth-order valence-corrected chi connectivity index (χ4v) is 2.85. The van der Waals surface area contributed by atoms with Gasteiger partial charge in [-0.05, 0) is 43.5 Å². The first-order valence-corrected chi connectivity index (χ1v) is 7.23. The molecule has 4 nitrogen and oxygen atoms in total. The number of aromatic nitrogens is 2. The summed E-state index contributed by atoms with van der Waals surface area (Å²) in [5.41, 5.74) is 8.29. The van der Waals surface area contributed by atoms with Gasteiger partial charge in [0.1, 0.15) is 11.6 Å². The summed E-state index contributed by atoms with van der Waals surface area (Å²) in [7, 11) is 0. The van der Waals surface area contributed by atoms with Crippen LogP contribution < -0.4 is 10.5 Å². The largest absolute Gasteiger partial charge is 0.494 e. The Labute approximate surface area is 119 Å². The Bertz CT molecular complexity index is 588. The van der Waals surface area contributed by atoms with Crippen molar-refractivity contribution in [3.63, 3.8) is 0 Å². The Morgan fingerprint density at radius 2 is 2.10 bits per heavy atom. The summed E-state index contributed by atoms with van der Waals surface area (Å²) in [4.78, 5) is 4.71. The lowest BCUT2D eigenvalue weighted by atomic mass is 9.98. The van der Waals surface area contributed by atoms with Crippen LogP contribution in [0.2, 0.25) is 0 Å². The maximum absolute atomic E-state index is 6.19. The van der Waals surface area contributed by atoms with Gasteiger partial charge in [-0.1, -0.05) is 6.92 Å². The first kappa shape index (κ1) is 13.2. The van der Waals surface area contributed by atoms with Crippen LogP contribution in [-0.4, -0.2) is 16.2 Å². The van der Waals surface area contributed by atoms with Crippen molar-refractivity contribution < 1.29 is 4.74 Å². The van der Waals surface area contributed by atoms with Gasteiger partial charge in [0, 0.05) is 18.3 Å². The van der Waals surface area contributed by atoms with Gasteiger partial charge in [-0.25, -0.2) is 4.98 Å². The van der Waals surface area contributed by atoms with Gasteiger partial charge in [-0.2, -0.15) is 0 Å². The number of benzene rings is 1. The number of hydrogen-bond acceptors (Lipinski definition) is 3. The molecule has 0 aliphatic carbocycles. The lowest BCUT2D eigenvalue weighted by Crippen LogP contribution is -2.26. The third kappa shape index (κ3) is 2.43. The molecule has 2 aromatic rings. The molecular weight excluding hydrogens is 250 g/mol. The van der Waals surface area contributed by atoms with Gasteiger partial charge in [0.25, 0.3) is 0 Å². The molecule has 0 radical (unpaired) electrons. The van der Waals surface area contributed by atoms with Crippen molar-refractivity contribution in [3.05, 3.63) is 36.3 Å². The zero-order valence-corrected chi connectivity index (χ0v) is 12.0. The minimum atomic E-state index is 0.0511. The maximum Gasteiger partial charge on any atom is 0.126 e. The highest BCUT2D eigenvalue weighted by Gasteiger charge is 2.24. The van der Waals surface area contributed by atoms with E-state index in [-0.39, 0.29) is 6.04 Å². The lowest BCUT2D eigenvalue weighted by Gasteiger charge is -2.25. The molecule has 2 unspecified atom stereocenters.